The molecule has 0 radical (unpaired) electrons. The maximum Gasteiger partial charge on any atom is 0.241 e. The van der Waals surface area contributed by atoms with Crippen LogP contribution in [0.15, 0.2) is 52.3 Å². The van der Waals surface area contributed by atoms with Gasteiger partial charge in [-0.15, -0.1) is 0 Å². The van der Waals surface area contributed by atoms with Crippen LogP contribution in [0.3, 0.4) is 0 Å². The summed E-state index contributed by atoms with van der Waals surface area (Å²) < 4.78 is 49.9. The highest BCUT2D eigenvalue weighted by Gasteiger charge is 2.17. The van der Waals surface area contributed by atoms with Crippen molar-refractivity contribution in [1.29, 1.82) is 0 Å². The van der Waals surface area contributed by atoms with Crippen molar-refractivity contribution in [3.05, 3.63) is 59.2 Å². The topological polar surface area (TPSA) is 106 Å². The second-order valence-electron chi connectivity index (χ2n) is 5.29. The summed E-state index contributed by atoms with van der Waals surface area (Å²) in [6.45, 7) is 3.50. The molecular formula is C15H18N2O4S2. The van der Waals surface area contributed by atoms with Crippen molar-refractivity contribution in [2.45, 2.75) is 30.2 Å². The summed E-state index contributed by atoms with van der Waals surface area (Å²) in [7, 11) is -7.51. The Labute approximate surface area is 136 Å². The van der Waals surface area contributed by atoms with Gasteiger partial charge in [-0.05, 0) is 48.7 Å². The summed E-state index contributed by atoms with van der Waals surface area (Å²) in [5.74, 6) is 0. The highest BCUT2D eigenvalue weighted by Crippen LogP contribution is 2.17. The first-order chi connectivity index (χ1) is 10.6. The fraction of sp³-hybridized carbons (Fsp3) is 0.200. The van der Waals surface area contributed by atoms with Crippen molar-refractivity contribution in [2.24, 2.45) is 5.14 Å². The molecule has 0 amide bonds. The molecule has 2 aromatic carbocycles. The van der Waals surface area contributed by atoms with E-state index in [1.165, 1.54) is 18.2 Å². The SMILES string of the molecule is Cc1ccc(C)c(S(=O)(=O)NCc2cccc(S(N)(=O)=O)c2)c1. The first kappa shape index (κ1) is 17.6. The molecule has 0 aromatic heterocycles. The Morgan fingerprint density at radius 3 is 2.35 bits per heavy atom. The van der Waals surface area contributed by atoms with Gasteiger partial charge in [-0.1, -0.05) is 24.3 Å². The van der Waals surface area contributed by atoms with Crippen LogP contribution < -0.4 is 9.86 Å². The predicted molar refractivity (Wildman–Crippen MR) is 87.8 cm³/mol. The van der Waals surface area contributed by atoms with Gasteiger partial charge in [0.25, 0.3) is 0 Å². The zero-order valence-corrected chi connectivity index (χ0v) is 14.4. The maximum atomic E-state index is 12.4. The van der Waals surface area contributed by atoms with Crippen LogP contribution in [-0.2, 0) is 26.6 Å². The summed E-state index contributed by atoms with van der Waals surface area (Å²) in [5.41, 5.74) is 1.99. The van der Waals surface area contributed by atoms with Crippen LogP contribution in [0.4, 0.5) is 0 Å². The Morgan fingerprint density at radius 2 is 1.70 bits per heavy atom. The van der Waals surface area contributed by atoms with Crippen molar-refractivity contribution in [3.8, 4) is 0 Å². The Morgan fingerprint density at radius 1 is 1.00 bits per heavy atom. The second-order valence-corrected chi connectivity index (χ2v) is 8.58. The molecule has 0 aliphatic carbocycles. The number of sulfonamides is 2. The lowest BCUT2D eigenvalue weighted by molar-refractivity contribution is 0.580. The summed E-state index contributed by atoms with van der Waals surface area (Å²) in [6.07, 6.45) is 0. The summed E-state index contributed by atoms with van der Waals surface area (Å²) in [5, 5.41) is 5.07. The molecule has 2 aromatic rings. The average Bonchev–Trinajstić information content (AvgIpc) is 2.47. The Hall–Kier alpha value is -1.74. The largest absolute Gasteiger partial charge is 0.241 e. The molecule has 0 saturated heterocycles. The van der Waals surface area contributed by atoms with Gasteiger partial charge in [0.1, 0.15) is 0 Å². The number of benzene rings is 2. The van der Waals surface area contributed by atoms with Crippen LogP contribution >= 0.6 is 0 Å². The molecule has 0 bridgehead atoms. The van der Waals surface area contributed by atoms with Gasteiger partial charge in [-0.3, -0.25) is 0 Å². The Bertz CT molecular complexity index is 936. The number of aryl methyl sites for hydroxylation is 2. The van der Waals surface area contributed by atoms with Crippen LogP contribution in [-0.4, -0.2) is 16.8 Å². The van der Waals surface area contributed by atoms with Gasteiger partial charge in [-0.2, -0.15) is 0 Å². The lowest BCUT2D eigenvalue weighted by Gasteiger charge is -2.10. The van der Waals surface area contributed by atoms with E-state index < -0.39 is 20.0 Å². The van der Waals surface area contributed by atoms with Crippen LogP contribution in [0.2, 0.25) is 0 Å². The van der Waals surface area contributed by atoms with Crippen LogP contribution in [0, 0.1) is 13.8 Å². The molecule has 0 aliphatic rings. The molecule has 3 N–H and O–H groups in total. The van der Waals surface area contributed by atoms with E-state index in [1.54, 1.807) is 25.1 Å². The van der Waals surface area contributed by atoms with Gasteiger partial charge >= 0.3 is 0 Å². The summed E-state index contributed by atoms with van der Waals surface area (Å²) in [4.78, 5) is 0.154. The van der Waals surface area contributed by atoms with Crippen LogP contribution in [0.5, 0.6) is 0 Å². The lowest BCUT2D eigenvalue weighted by Crippen LogP contribution is -2.24. The third-order valence-corrected chi connectivity index (χ3v) is 5.78. The van der Waals surface area contributed by atoms with E-state index in [0.29, 0.717) is 11.1 Å². The standard InChI is InChI=1S/C15H18N2O4S2/c1-11-6-7-12(2)15(8-11)23(20,21)17-10-13-4-3-5-14(9-13)22(16,18)19/h3-9,17H,10H2,1-2H3,(H2,16,18,19). The minimum Gasteiger partial charge on any atom is -0.225 e. The highest BCUT2D eigenvalue weighted by atomic mass is 32.2. The van der Waals surface area contributed by atoms with Gasteiger partial charge in [-0.25, -0.2) is 26.7 Å². The third-order valence-electron chi connectivity index (χ3n) is 3.33. The van der Waals surface area contributed by atoms with Crippen LogP contribution in [0.25, 0.3) is 0 Å². The minimum absolute atomic E-state index is 0.0287. The van der Waals surface area contributed by atoms with Gasteiger partial charge in [0.2, 0.25) is 20.0 Å². The number of hydrogen-bond donors (Lipinski definition) is 2. The van der Waals surface area contributed by atoms with Crippen molar-refractivity contribution < 1.29 is 16.8 Å². The molecule has 0 atom stereocenters. The second kappa shape index (κ2) is 6.40. The van der Waals surface area contributed by atoms with Crippen molar-refractivity contribution in [3.63, 3.8) is 0 Å². The fourth-order valence-electron chi connectivity index (χ4n) is 2.09. The monoisotopic (exact) mass is 354 g/mol. The normalized spacial score (nSPS) is 12.3. The first-order valence-corrected chi connectivity index (χ1v) is 9.81. The molecule has 0 aliphatic heterocycles. The van der Waals surface area contributed by atoms with Gasteiger partial charge in [0.05, 0.1) is 9.79 Å². The van der Waals surface area contributed by atoms with Crippen LogP contribution in [0.1, 0.15) is 16.7 Å². The van der Waals surface area contributed by atoms with E-state index >= 15 is 0 Å². The molecule has 23 heavy (non-hydrogen) atoms. The lowest BCUT2D eigenvalue weighted by atomic mass is 10.2. The van der Waals surface area contributed by atoms with Gasteiger partial charge in [0, 0.05) is 6.54 Å². The molecule has 0 fully saturated rings. The van der Waals surface area contributed by atoms with E-state index in [4.69, 9.17) is 5.14 Å². The molecule has 2 rings (SSSR count). The van der Waals surface area contributed by atoms with Gasteiger partial charge < -0.3 is 0 Å². The highest BCUT2D eigenvalue weighted by molar-refractivity contribution is 7.89. The number of nitrogens with one attached hydrogen (secondary N) is 1. The molecule has 124 valence electrons. The van der Waals surface area contributed by atoms with E-state index in [0.717, 1.165) is 5.56 Å². The first-order valence-electron chi connectivity index (χ1n) is 6.78. The molecule has 0 unspecified atom stereocenters. The smallest absolute Gasteiger partial charge is 0.225 e. The third kappa shape index (κ3) is 4.38. The molecule has 0 spiro atoms. The van der Waals surface area contributed by atoms with Gasteiger partial charge in [0.15, 0.2) is 0 Å². The molecule has 8 heteroatoms. The molecule has 0 saturated carbocycles. The van der Waals surface area contributed by atoms with E-state index in [9.17, 15) is 16.8 Å². The quantitative estimate of drug-likeness (QED) is 0.847. The molecule has 0 heterocycles. The van der Waals surface area contributed by atoms with Crippen molar-refractivity contribution in [1.82, 2.24) is 4.72 Å². The maximum absolute atomic E-state index is 12.4. The number of rotatable bonds is 5. The number of primary sulfonamides is 1. The number of hydrogen-bond acceptors (Lipinski definition) is 4. The van der Waals surface area contributed by atoms with Crippen molar-refractivity contribution in [2.75, 3.05) is 0 Å². The zero-order valence-electron chi connectivity index (χ0n) is 12.8. The molecule has 6 nitrogen and oxygen atoms in total. The number of nitrogens with two attached hydrogens (primary N) is 1. The van der Waals surface area contributed by atoms with E-state index in [1.807, 2.05) is 13.0 Å². The minimum atomic E-state index is -3.82. The average molecular weight is 354 g/mol. The Kier molecular flexibility index (Phi) is 4.90. The van der Waals surface area contributed by atoms with Crippen molar-refractivity contribution >= 4 is 20.0 Å². The Balaban J connectivity index is 2.25. The van der Waals surface area contributed by atoms with E-state index in [2.05, 4.69) is 4.72 Å². The van der Waals surface area contributed by atoms with E-state index in [-0.39, 0.29) is 16.3 Å². The predicted octanol–water partition coefficient (Wildman–Crippen LogP) is 1.43. The fourth-order valence-corrected chi connectivity index (χ4v) is 4.01. The zero-order chi connectivity index (χ0) is 17.3. The summed E-state index contributed by atoms with van der Waals surface area (Å²) in [6, 6.07) is 11.0. The summed E-state index contributed by atoms with van der Waals surface area (Å²) >= 11 is 0. The molecular weight excluding hydrogens is 336 g/mol.